The number of thiazole rings is 1. The molecule has 0 unspecified atom stereocenters. The molecular weight excluding hydrogens is 222 g/mol. The summed E-state index contributed by atoms with van der Waals surface area (Å²) in [6.07, 6.45) is 4.57. The Morgan fingerprint density at radius 2 is 2.44 bits per heavy atom. The summed E-state index contributed by atoms with van der Waals surface area (Å²) in [6, 6.07) is 0. The van der Waals surface area contributed by atoms with E-state index >= 15 is 0 Å². The number of hydrogen-bond acceptors (Lipinski definition) is 5. The van der Waals surface area contributed by atoms with Gasteiger partial charge in [-0.05, 0) is 6.42 Å². The highest BCUT2D eigenvalue weighted by Gasteiger charge is 1.99. The summed E-state index contributed by atoms with van der Waals surface area (Å²) in [6.45, 7) is 4.67. The molecule has 6 heteroatoms. The summed E-state index contributed by atoms with van der Waals surface area (Å²) in [5, 5.41) is 14.3. The van der Waals surface area contributed by atoms with Crippen LogP contribution in [0.15, 0.2) is 17.8 Å². The van der Waals surface area contributed by atoms with Crippen LogP contribution in [0.25, 0.3) is 0 Å². The molecule has 5 nitrogen and oxygen atoms in total. The van der Waals surface area contributed by atoms with Gasteiger partial charge >= 0.3 is 0 Å². The zero-order valence-corrected chi connectivity index (χ0v) is 10.1. The van der Waals surface area contributed by atoms with Gasteiger partial charge < -0.3 is 5.32 Å². The molecule has 0 radical (unpaired) electrons. The number of rotatable bonds is 6. The summed E-state index contributed by atoms with van der Waals surface area (Å²) < 4.78 is 1.81. The predicted molar refractivity (Wildman–Crippen MR) is 63.2 cm³/mol. The minimum atomic E-state index is 0.825. The van der Waals surface area contributed by atoms with Crippen molar-refractivity contribution in [3.8, 4) is 0 Å². The molecule has 16 heavy (non-hydrogen) atoms. The first-order valence-electron chi connectivity index (χ1n) is 5.36. The van der Waals surface area contributed by atoms with Crippen LogP contribution in [-0.4, -0.2) is 26.5 Å². The zero-order valence-electron chi connectivity index (χ0n) is 9.26. The molecule has 0 amide bonds. The monoisotopic (exact) mass is 237 g/mol. The molecule has 2 heterocycles. The van der Waals surface area contributed by atoms with Crippen molar-refractivity contribution in [3.63, 3.8) is 0 Å². The van der Waals surface area contributed by atoms with E-state index in [2.05, 4.69) is 32.9 Å². The van der Waals surface area contributed by atoms with Crippen LogP contribution in [0.2, 0.25) is 0 Å². The highest BCUT2D eigenvalue weighted by molar-refractivity contribution is 7.09. The Labute approximate surface area is 98.5 Å². The van der Waals surface area contributed by atoms with E-state index in [1.54, 1.807) is 17.5 Å². The molecule has 0 aliphatic heterocycles. The Hall–Kier alpha value is -1.27. The van der Waals surface area contributed by atoms with Crippen molar-refractivity contribution in [3.05, 3.63) is 28.5 Å². The maximum Gasteiger partial charge on any atom is 0.0926 e. The van der Waals surface area contributed by atoms with E-state index in [4.69, 9.17) is 0 Å². The molecule has 1 N–H and O–H groups in total. The summed E-state index contributed by atoms with van der Waals surface area (Å²) in [7, 11) is 0. The van der Waals surface area contributed by atoms with Gasteiger partial charge in [-0.1, -0.05) is 12.1 Å². The van der Waals surface area contributed by atoms with Crippen LogP contribution in [-0.2, 0) is 19.5 Å². The molecule has 86 valence electrons. The van der Waals surface area contributed by atoms with Crippen LogP contribution >= 0.6 is 11.3 Å². The first-order chi connectivity index (χ1) is 7.88. The van der Waals surface area contributed by atoms with E-state index < -0.39 is 0 Å². The average molecular weight is 237 g/mol. The first kappa shape index (κ1) is 11.2. The first-order valence-corrected chi connectivity index (χ1v) is 6.24. The quantitative estimate of drug-likeness (QED) is 0.764. The summed E-state index contributed by atoms with van der Waals surface area (Å²) in [4.78, 5) is 4.48. The van der Waals surface area contributed by atoms with E-state index in [9.17, 15) is 0 Å². The van der Waals surface area contributed by atoms with Crippen molar-refractivity contribution < 1.29 is 0 Å². The second kappa shape index (κ2) is 5.72. The molecule has 2 aromatic heterocycles. The number of aryl methyl sites for hydroxylation is 1. The Balaban J connectivity index is 1.68. The van der Waals surface area contributed by atoms with Gasteiger partial charge in [0.05, 0.1) is 23.4 Å². The van der Waals surface area contributed by atoms with Gasteiger partial charge in [-0.2, -0.15) is 0 Å². The molecule has 0 aliphatic carbocycles. The number of aromatic nitrogens is 4. The lowest BCUT2D eigenvalue weighted by molar-refractivity contribution is 0.538. The van der Waals surface area contributed by atoms with Crippen molar-refractivity contribution in [1.82, 2.24) is 25.3 Å². The van der Waals surface area contributed by atoms with E-state index in [1.807, 2.05) is 10.9 Å². The fourth-order valence-corrected chi connectivity index (χ4v) is 2.10. The highest BCUT2D eigenvalue weighted by Crippen LogP contribution is 2.09. The van der Waals surface area contributed by atoms with Gasteiger partial charge in [-0.3, -0.25) is 4.68 Å². The molecule has 2 rings (SSSR count). The number of nitrogens with one attached hydrogen (secondary N) is 1. The third-order valence-electron chi connectivity index (χ3n) is 2.20. The maximum absolute atomic E-state index is 4.48. The van der Waals surface area contributed by atoms with Gasteiger partial charge in [0.25, 0.3) is 0 Å². The van der Waals surface area contributed by atoms with Crippen molar-refractivity contribution in [1.29, 1.82) is 0 Å². The van der Waals surface area contributed by atoms with Gasteiger partial charge in [-0.15, -0.1) is 16.4 Å². The Kier molecular flexibility index (Phi) is 4.01. The molecule has 0 aliphatic rings. The Bertz CT molecular complexity index is 409. The third-order valence-corrected chi connectivity index (χ3v) is 3.24. The fraction of sp³-hybridized carbons (Fsp3) is 0.500. The summed E-state index contributed by atoms with van der Waals surface area (Å²) in [5.74, 6) is 0. The second-order valence-electron chi connectivity index (χ2n) is 3.43. The zero-order chi connectivity index (χ0) is 11.2. The standard InChI is InChI=1S/C10H15N5S/c1-2-10-13-9(8-16-10)7-11-3-5-15-6-4-12-14-15/h4,6,8,11H,2-3,5,7H2,1H3. The van der Waals surface area contributed by atoms with Crippen LogP contribution in [0.5, 0.6) is 0 Å². The van der Waals surface area contributed by atoms with Gasteiger partial charge in [0, 0.05) is 24.7 Å². The van der Waals surface area contributed by atoms with Crippen LogP contribution in [0.3, 0.4) is 0 Å². The lowest BCUT2D eigenvalue weighted by atomic mass is 10.4. The normalized spacial score (nSPS) is 10.8. The third kappa shape index (κ3) is 3.11. The summed E-state index contributed by atoms with van der Waals surface area (Å²) in [5.41, 5.74) is 1.13. The molecular formula is C10H15N5S. The van der Waals surface area contributed by atoms with Crippen LogP contribution in [0, 0.1) is 0 Å². The Morgan fingerprint density at radius 1 is 1.50 bits per heavy atom. The van der Waals surface area contributed by atoms with E-state index in [0.717, 1.165) is 31.7 Å². The van der Waals surface area contributed by atoms with E-state index in [-0.39, 0.29) is 0 Å². The average Bonchev–Trinajstić information content (AvgIpc) is 2.95. The van der Waals surface area contributed by atoms with Crippen molar-refractivity contribution in [2.45, 2.75) is 26.4 Å². The van der Waals surface area contributed by atoms with E-state index in [1.165, 1.54) is 5.01 Å². The second-order valence-corrected chi connectivity index (χ2v) is 4.37. The van der Waals surface area contributed by atoms with Gasteiger partial charge in [0.15, 0.2) is 0 Å². The van der Waals surface area contributed by atoms with Crippen LogP contribution in [0.4, 0.5) is 0 Å². The summed E-state index contributed by atoms with van der Waals surface area (Å²) >= 11 is 1.73. The van der Waals surface area contributed by atoms with Gasteiger partial charge in [0.2, 0.25) is 0 Å². The largest absolute Gasteiger partial charge is 0.309 e. The topological polar surface area (TPSA) is 55.6 Å². The molecule has 0 fully saturated rings. The predicted octanol–water partition coefficient (Wildman–Crippen LogP) is 1.09. The maximum atomic E-state index is 4.48. The van der Waals surface area contributed by atoms with E-state index in [0.29, 0.717) is 0 Å². The molecule has 0 saturated heterocycles. The molecule has 0 atom stereocenters. The van der Waals surface area contributed by atoms with Crippen molar-refractivity contribution in [2.75, 3.05) is 6.54 Å². The molecule has 2 aromatic rings. The molecule has 0 saturated carbocycles. The van der Waals surface area contributed by atoms with Gasteiger partial charge in [0.1, 0.15) is 0 Å². The smallest absolute Gasteiger partial charge is 0.0926 e. The number of nitrogens with zero attached hydrogens (tertiary/aromatic N) is 4. The Morgan fingerprint density at radius 3 is 3.12 bits per heavy atom. The highest BCUT2D eigenvalue weighted by atomic mass is 32.1. The SMILES string of the molecule is CCc1nc(CNCCn2ccnn2)cs1. The molecule has 0 bridgehead atoms. The van der Waals surface area contributed by atoms with Crippen molar-refractivity contribution >= 4 is 11.3 Å². The van der Waals surface area contributed by atoms with Crippen LogP contribution < -0.4 is 5.32 Å². The lowest BCUT2D eigenvalue weighted by Crippen LogP contribution is -2.20. The minimum absolute atomic E-state index is 0.825. The lowest BCUT2D eigenvalue weighted by Gasteiger charge is -2.01. The van der Waals surface area contributed by atoms with Crippen LogP contribution in [0.1, 0.15) is 17.6 Å². The van der Waals surface area contributed by atoms with Gasteiger partial charge in [-0.25, -0.2) is 4.98 Å². The molecule has 0 aromatic carbocycles. The molecule has 0 spiro atoms. The number of hydrogen-bond donors (Lipinski definition) is 1. The van der Waals surface area contributed by atoms with Crippen molar-refractivity contribution in [2.24, 2.45) is 0 Å². The fourth-order valence-electron chi connectivity index (χ4n) is 1.35. The minimum Gasteiger partial charge on any atom is -0.309 e.